The number of carbonyl (C=O) groups excluding carboxylic acids is 1. The maximum absolute atomic E-state index is 12.5. The van der Waals surface area contributed by atoms with E-state index in [4.69, 9.17) is 27.4 Å². The van der Waals surface area contributed by atoms with Crippen molar-refractivity contribution in [2.75, 3.05) is 19.8 Å². The lowest BCUT2D eigenvalue weighted by Crippen LogP contribution is -2.55. The standard InChI is InChI=1S/C12H20N2O3S/c1-8-9(2-5-17-8)14-11(15)12(10(13)18)3-6-16-7-4-12/h8-9H,2-7H2,1H3,(H2,13,18)(H,14,15). The molecular formula is C12H20N2O3S. The van der Waals surface area contributed by atoms with Gasteiger partial charge in [0.25, 0.3) is 0 Å². The Morgan fingerprint density at radius 1 is 1.39 bits per heavy atom. The zero-order chi connectivity index (χ0) is 13.2. The van der Waals surface area contributed by atoms with Crippen molar-refractivity contribution in [1.29, 1.82) is 0 Å². The highest BCUT2D eigenvalue weighted by molar-refractivity contribution is 7.80. The Morgan fingerprint density at radius 2 is 2.06 bits per heavy atom. The van der Waals surface area contributed by atoms with E-state index < -0.39 is 5.41 Å². The molecule has 2 rings (SSSR count). The van der Waals surface area contributed by atoms with Crippen molar-refractivity contribution in [3.8, 4) is 0 Å². The van der Waals surface area contributed by atoms with Crippen LogP contribution in [0, 0.1) is 5.41 Å². The molecule has 0 aromatic carbocycles. The monoisotopic (exact) mass is 272 g/mol. The molecule has 0 aliphatic carbocycles. The second-order valence-electron chi connectivity index (χ2n) is 5.00. The predicted molar refractivity (Wildman–Crippen MR) is 71.2 cm³/mol. The first-order chi connectivity index (χ1) is 8.56. The fourth-order valence-corrected chi connectivity index (χ4v) is 2.83. The van der Waals surface area contributed by atoms with Gasteiger partial charge in [-0.25, -0.2) is 0 Å². The molecule has 2 unspecified atom stereocenters. The smallest absolute Gasteiger partial charge is 0.233 e. The zero-order valence-corrected chi connectivity index (χ0v) is 11.4. The van der Waals surface area contributed by atoms with Crippen LogP contribution in [0.25, 0.3) is 0 Å². The number of carbonyl (C=O) groups is 1. The van der Waals surface area contributed by atoms with Gasteiger partial charge in [0.15, 0.2) is 0 Å². The molecule has 102 valence electrons. The van der Waals surface area contributed by atoms with Crippen molar-refractivity contribution in [2.24, 2.45) is 11.1 Å². The summed E-state index contributed by atoms with van der Waals surface area (Å²) < 4.78 is 10.7. The largest absolute Gasteiger partial charge is 0.392 e. The molecule has 5 nitrogen and oxygen atoms in total. The molecule has 2 atom stereocenters. The normalized spacial score (nSPS) is 30.9. The number of hydrogen-bond acceptors (Lipinski definition) is 4. The summed E-state index contributed by atoms with van der Waals surface area (Å²) >= 11 is 5.10. The van der Waals surface area contributed by atoms with Gasteiger partial charge in [-0.1, -0.05) is 12.2 Å². The summed E-state index contributed by atoms with van der Waals surface area (Å²) in [6, 6.07) is 0.0616. The van der Waals surface area contributed by atoms with Gasteiger partial charge in [-0.2, -0.15) is 0 Å². The number of ether oxygens (including phenoxy) is 2. The summed E-state index contributed by atoms with van der Waals surface area (Å²) in [6.45, 7) is 3.72. The molecule has 2 heterocycles. The van der Waals surface area contributed by atoms with E-state index in [-0.39, 0.29) is 23.0 Å². The topological polar surface area (TPSA) is 73.6 Å². The molecule has 1 amide bonds. The molecule has 0 aromatic rings. The number of amides is 1. The van der Waals surface area contributed by atoms with Crippen LogP contribution in [-0.2, 0) is 14.3 Å². The summed E-state index contributed by atoms with van der Waals surface area (Å²) in [6.07, 6.45) is 2.03. The fraction of sp³-hybridized carbons (Fsp3) is 0.833. The minimum Gasteiger partial charge on any atom is -0.392 e. The van der Waals surface area contributed by atoms with E-state index in [0.29, 0.717) is 32.7 Å². The van der Waals surface area contributed by atoms with Gasteiger partial charge >= 0.3 is 0 Å². The molecule has 0 spiro atoms. The lowest BCUT2D eigenvalue weighted by Gasteiger charge is -2.35. The van der Waals surface area contributed by atoms with Crippen LogP contribution in [0.15, 0.2) is 0 Å². The van der Waals surface area contributed by atoms with Gasteiger partial charge in [-0.15, -0.1) is 0 Å². The van der Waals surface area contributed by atoms with Gasteiger partial charge in [0.1, 0.15) is 5.41 Å². The average molecular weight is 272 g/mol. The maximum Gasteiger partial charge on any atom is 0.233 e. The van der Waals surface area contributed by atoms with Crippen molar-refractivity contribution < 1.29 is 14.3 Å². The third-order valence-electron chi connectivity index (χ3n) is 3.95. The van der Waals surface area contributed by atoms with Crippen LogP contribution in [0.4, 0.5) is 0 Å². The van der Waals surface area contributed by atoms with Crippen LogP contribution in [0.2, 0.25) is 0 Å². The highest BCUT2D eigenvalue weighted by Crippen LogP contribution is 2.32. The van der Waals surface area contributed by atoms with Gasteiger partial charge in [0.2, 0.25) is 5.91 Å². The Bertz CT molecular complexity index is 342. The first-order valence-corrected chi connectivity index (χ1v) is 6.77. The van der Waals surface area contributed by atoms with Crippen molar-refractivity contribution in [3.05, 3.63) is 0 Å². The Hall–Kier alpha value is -0.720. The molecule has 2 saturated heterocycles. The molecule has 0 saturated carbocycles. The minimum absolute atomic E-state index is 0.0530. The van der Waals surface area contributed by atoms with Gasteiger partial charge in [-0.3, -0.25) is 4.79 Å². The number of nitrogens with two attached hydrogens (primary N) is 1. The molecule has 6 heteroatoms. The molecule has 0 radical (unpaired) electrons. The zero-order valence-electron chi connectivity index (χ0n) is 10.6. The Balaban J connectivity index is 2.06. The van der Waals surface area contributed by atoms with Crippen molar-refractivity contribution in [3.63, 3.8) is 0 Å². The van der Waals surface area contributed by atoms with Crippen molar-refractivity contribution in [1.82, 2.24) is 5.32 Å². The number of hydrogen-bond donors (Lipinski definition) is 2. The first kappa shape index (κ1) is 13.7. The Kier molecular flexibility index (Phi) is 4.19. The SMILES string of the molecule is CC1OCCC1NC(=O)C1(C(N)=S)CCOCC1. The van der Waals surface area contributed by atoms with Gasteiger partial charge < -0.3 is 20.5 Å². The number of thiocarbonyl (C=S) groups is 1. The minimum atomic E-state index is -0.740. The van der Waals surface area contributed by atoms with Crippen LogP contribution in [0.5, 0.6) is 0 Å². The van der Waals surface area contributed by atoms with Gasteiger partial charge in [0, 0.05) is 19.8 Å². The van der Waals surface area contributed by atoms with Crippen molar-refractivity contribution in [2.45, 2.75) is 38.3 Å². The molecule has 3 N–H and O–H groups in total. The number of rotatable bonds is 3. The summed E-state index contributed by atoms with van der Waals surface area (Å²) in [4.78, 5) is 12.7. The van der Waals surface area contributed by atoms with E-state index in [1.54, 1.807) is 0 Å². The Morgan fingerprint density at radius 3 is 2.56 bits per heavy atom. The summed E-state index contributed by atoms with van der Waals surface area (Å²) in [5.41, 5.74) is 5.06. The van der Waals surface area contributed by atoms with Crippen LogP contribution in [-0.4, -0.2) is 42.9 Å². The molecule has 2 aliphatic rings. The van der Waals surface area contributed by atoms with E-state index in [1.165, 1.54) is 0 Å². The lowest BCUT2D eigenvalue weighted by atomic mass is 9.79. The van der Waals surface area contributed by atoms with Gasteiger partial charge in [0.05, 0.1) is 17.1 Å². The molecule has 2 fully saturated rings. The second-order valence-corrected chi connectivity index (χ2v) is 5.44. The quantitative estimate of drug-likeness (QED) is 0.726. The molecule has 0 aromatic heterocycles. The Labute approximate surface area is 112 Å². The van der Waals surface area contributed by atoms with E-state index in [1.807, 2.05) is 6.92 Å². The second kappa shape index (κ2) is 5.50. The maximum atomic E-state index is 12.5. The van der Waals surface area contributed by atoms with E-state index in [2.05, 4.69) is 5.32 Å². The summed E-state index contributed by atoms with van der Waals surface area (Å²) in [5.74, 6) is -0.0688. The highest BCUT2D eigenvalue weighted by atomic mass is 32.1. The molecule has 2 aliphatic heterocycles. The third-order valence-corrected chi connectivity index (χ3v) is 4.34. The van der Waals surface area contributed by atoms with Crippen LogP contribution in [0.3, 0.4) is 0 Å². The van der Waals surface area contributed by atoms with Crippen molar-refractivity contribution >= 4 is 23.1 Å². The van der Waals surface area contributed by atoms with E-state index in [9.17, 15) is 4.79 Å². The molecular weight excluding hydrogens is 252 g/mol. The van der Waals surface area contributed by atoms with Crippen LogP contribution < -0.4 is 11.1 Å². The fourth-order valence-electron chi connectivity index (χ4n) is 2.53. The average Bonchev–Trinajstić information content (AvgIpc) is 2.75. The highest BCUT2D eigenvalue weighted by Gasteiger charge is 2.44. The predicted octanol–water partition coefficient (Wildman–Crippen LogP) is 0.363. The van der Waals surface area contributed by atoms with Crippen LogP contribution in [0.1, 0.15) is 26.2 Å². The van der Waals surface area contributed by atoms with Crippen LogP contribution >= 0.6 is 12.2 Å². The first-order valence-electron chi connectivity index (χ1n) is 6.36. The molecule has 0 bridgehead atoms. The molecule has 18 heavy (non-hydrogen) atoms. The third kappa shape index (κ3) is 2.50. The van der Waals surface area contributed by atoms with E-state index in [0.717, 1.165) is 6.42 Å². The summed E-state index contributed by atoms with van der Waals surface area (Å²) in [7, 11) is 0. The van der Waals surface area contributed by atoms with E-state index >= 15 is 0 Å². The lowest BCUT2D eigenvalue weighted by molar-refractivity contribution is -0.132. The number of nitrogens with one attached hydrogen (secondary N) is 1. The summed E-state index contributed by atoms with van der Waals surface area (Å²) in [5, 5.41) is 3.03. The van der Waals surface area contributed by atoms with Gasteiger partial charge in [-0.05, 0) is 26.2 Å².